The second-order valence-corrected chi connectivity index (χ2v) is 5.97. The molecule has 0 amide bonds. The second-order valence-electron chi connectivity index (χ2n) is 5.97. The lowest BCUT2D eigenvalue weighted by Crippen LogP contribution is -2.23. The Kier molecular flexibility index (Phi) is 5.86. The topological polar surface area (TPSA) is 44.8 Å². The fraction of sp³-hybridized carbons (Fsp3) is 0.286. The van der Waals surface area contributed by atoms with Crippen molar-refractivity contribution in [3.63, 3.8) is 0 Å². The minimum absolute atomic E-state index is 0.0498. The van der Waals surface area contributed by atoms with Gasteiger partial charge in [0.05, 0.1) is 25.4 Å². The number of benzene rings is 2. The molecule has 0 aliphatic heterocycles. The van der Waals surface area contributed by atoms with E-state index in [2.05, 4.69) is 0 Å². The van der Waals surface area contributed by atoms with Gasteiger partial charge < -0.3 is 14.2 Å². The van der Waals surface area contributed by atoms with Crippen LogP contribution in [0.2, 0.25) is 0 Å². The normalized spacial score (nSPS) is 19.4. The maximum Gasteiger partial charge on any atom is 0.338 e. The molecule has 0 spiro atoms. The average molecular weight is 338 g/mol. The summed E-state index contributed by atoms with van der Waals surface area (Å²) in [6.45, 7) is 0.549. The van der Waals surface area contributed by atoms with Crippen LogP contribution < -0.4 is 4.74 Å². The van der Waals surface area contributed by atoms with Gasteiger partial charge in [-0.1, -0.05) is 36.4 Å². The van der Waals surface area contributed by atoms with E-state index >= 15 is 0 Å². The van der Waals surface area contributed by atoms with E-state index in [1.165, 1.54) is 0 Å². The summed E-state index contributed by atoms with van der Waals surface area (Å²) in [4.78, 5) is 12.1. The zero-order valence-electron chi connectivity index (χ0n) is 14.3. The maximum atomic E-state index is 12.1. The van der Waals surface area contributed by atoms with Crippen LogP contribution in [0.5, 0.6) is 5.75 Å². The lowest BCUT2D eigenvalue weighted by molar-refractivity contribution is 0.0226. The summed E-state index contributed by atoms with van der Waals surface area (Å²) < 4.78 is 16.6. The van der Waals surface area contributed by atoms with Crippen LogP contribution in [-0.4, -0.2) is 25.3 Å². The van der Waals surface area contributed by atoms with Crippen molar-refractivity contribution in [2.45, 2.75) is 31.7 Å². The van der Waals surface area contributed by atoms with Gasteiger partial charge in [0, 0.05) is 0 Å². The van der Waals surface area contributed by atoms with Crippen LogP contribution in [0, 0.1) is 0 Å². The molecule has 2 aromatic rings. The van der Waals surface area contributed by atoms with Crippen LogP contribution in [0.25, 0.3) is 0 Å². The van der Waals surface area contributed by atoms with Gasteiger partial charge >= 0.3 is 5.97 Å². The van der Waals surface area contributed by atoms with Gasteiger partial charge in [0.15, 0.2) is 0 Å². The van der Waals surface area contributed by atoms with Gasteiger partial charge in [0.25, 0.3) is 0 Å². The summed E-state index contributed by atoms with van der Waals surface area (Å²) in [7, 11) is 1.65. The quantitative estimate of drug-likeness (QED) is 0.586. The molecule has 0 radical (unpaired) electrons. The maximum absolute atomic E-state index is 12.1. The van der Waals surface area contributed by atoms with Gasteiger partial charge in [-0.15, -0.1) is 0 Å². The number of rotatable bonds is 6. The van der Waals surface area contributed by atoms with Gasteiger partial charge in [0.2, 0.25) is 0 Å². The number of hydrogen-bond acceptors (Lipinski definition) is 4. The van der Waals surface area contributed by atoms with Gasteiger partial charge in [-0.3, -0.25) is 0 Å². The molecule has 4 nitrogen and oxygen atoms in total. The van der Waals surface area contributed by atoms with Crippen molar-refractivity contribution in [3.8, 4) is 5.75 Å². The van der Waals surface area contributed by atoms with Crippen LogP contribution in [0.3, 0.4) is 0 Å². The molecule has 0 saturated carbocycles. The Morgan fingerprint density at radius 3 is 2.28 bits per heavy atom. The zero-order chi connectivity index (χ0) is 17.5. The molecule has 0 heterocycles. The zero-order valence-corrected chi connectivity index (χ0v) is 14.3. The summed E-state index contributed by atoms with van der Waals surface area (Å²) in [5, 5.41) is 0. The van der Waals surface area contributed by atoms with E-state index in [0.717, 1.165) is 24.2 Å². The number of esters is 1. The van der Waals surface area contributed by atoms with E-state index in [1.54, 1.807) is 19.2 Å². The Bertz CT molecular complexity index is 706. The van der Waals surface area contributed by atoms with Crippen molar-refractivity contribution in [3.05, 3.63) is 77.9 Å². The molecule has 0 saturated heterocycles. The Hall–Kier alpha value is -2.59. The fourth-order valence-electron chi connectivity index (χ4n) is 2.71. The van der Waals surface area contributed by atoms with Crippen molar-refractivity contribution in [2.75, 3.05) is 7.11 Å². The lowest BCUT2D eigenvalue weighted by Gasteiger charge is -2.23. The number of ether oxygens (including phenoxy) is 3. The largest absolute Gasteiger partial charge is 0.497 e. The van der Waals surface area contributed by atoms with Crippen LogP contribution in [0.4, 0.5) is 0 Å². The highest BCUT2D eigenvalue weighted by Crippen LogP contribution is 2.20. The predicted molar refractivity (Wildman–Crippen MR) is 95.6 cm³/mol. The summed E-state index contributed by atoms with van der Waals surface area (Å²) in [6, 6.07) is 16.9. The Balaban J connectivity index is 1.46. The van der Waals surface area contributed by atoms with E-state index in [-0.39, 0.29) is 18.2 Å². The van der Waals surface area contributed by atoms with E-state index in [9.17, 15) is 4.79 Å². The first-order chi connectivity index (χ1) is 12.2. The highest BCUT2D eigenvalue weighted by molar-refractivity contribution is 5.89. The Morgan fingerprint density at radius 2 is 1.64 bits per heavy atom. The first-order valence-electron chi connectivity index (χ1n) is 8.43. The third-order valence-electron chi connectivity index (χ3n) is 4.17. The number of methoxy groups -OCH3 is 1. The number of hydrogen-bond donors (Lipinski definition) is 0. The van der Waals surface area contributed by atoms with Crippen LogP contribution in [-0.2, 0) is 16.1 Å². The first kappa shape index (κ1) is 17.2. The van der Waals surface area contributed by atoms with Gasteiger partial charge in [0.1, 0.15) is 11.9 Å². The molecule has 25 heavy (non-hydrogen) atoms. The summed E-state index contributed by atoms with van der Waals surface area (Å²) in [5.41, 5.74) is 1.68. The average Bonchev–Trinajstić information content (AvgIpc) is 2.68. The molecule has 1 aliphatic rings. The highest BCUT2D eigenvalue weighted by Gasteiger charge is 2.20. The summed E-state index contributed by atoms with van der Waals surface area (Å²) in [5.74, 6) is 0.553. The Labute approximate surface area is 148 Å². The molecule has 0 bridgehead atoms. The van der Waals surface area contributed by atoms with E-state index in [1.807, 2.05) is 54.6 Å². The van der Waals surface area contributed by atoms with E-state index < -0.39 is 0 Å². The summed E-state index contributed by atoms with van der Waals surface area (Å²) >= 11 is 0. The monoisotopic (exact) mass is 338 g/mol. The third kappa shape index (κ3) is 4.94. The molecule has 130 valence electrons. The molecule has 0 N–H and O–H groups in total. The molecular weight excluding hydrogens is 316 g/mol. The van der Waals surface area contributed by atoms with Gasteiger partial charge in [-0.25, -0.2) is 4.79 Å². The lowest BCUT2D eigenvalue weighted by atomic mass is 10.0. The molecule has 3 rings (SSSR count). The molecule has 0 aromatic heterocycles. The standard InChI is InChI=1S/C21H22O4/c1-23-18-9-7-16(8-10-18)15-24-19-11-13-20(14-12-19)25-21(22)17-5-3-2-4-6-17/h2-11,13,19-20H,12,14-15H2,1H3/t19-,20-/m1/s1. The molecule has 4 heteroatoms. The number of carbonyl (C=O) groups is 1. The molecule has 2 atom stereocenters. The molecule has 2 aromatic carbocycles. The van der Waals surface area contributed by atoms with Crippen molar-refractivity contribution in [2.24, 2.45) is 0 Å². The van der Waals surface area contributed by atoms with Crippen molar-refractivity contribution in [1.82, 2.24) is 0 Å². The van der Waals surface area contributed by atoms with Gasteiger partial charge in [-0.05, 0) is 48.7 Å². The van der Waals surface area contributed by atoms with Crippen molar-refractivity contribution < 1.29 is 19.0 Å². The van der Waals surface area contributed by atoms with Crippen molar-refractivity contribution in [1.29, 1.82) is 0 Å². The minimum atomic E-state index is -0.284. The number of carbonyl (C=O) groups excluding carboxylic acids is 1. The van der Waals surface area contributed by atoms with Crippen molar-refractivity contribution >= 4 is 5.97 Å². The van der Waals surface area contributed by atoms with Crippen LogP contribution in [0.15, 0.2) is 66.7 Å². The van der Waals surface area contributed by atoms with Crippen LogP contribution >= 0.6 is 0 Å². The van der Waals surface area contributed by atoms with E-state index in [0.29, 0.717) is 12.2 Å². The molecule has 0 unspecified atom stereocenters. The SMILES string of the molecule is COc1ccc(CO[C@@H]2C=C[C@@H](OC(=O)c3ccccc3)CC2)cc1. The highest BCUT2D eigenvalue weighted by atomic mass is 16.5. The smallest absolute Gasteiger partial charge is 0.338 e. The second kappa shape index (κ2) is 8.49. The molecular formula is C21H22O4. The summed E-state index contributed by atoms with van der Waals surface area (Å²) in [6.07, 6.45) is 5.36. The minimum Gasteiger partial charge on any atom is -0.497 e. The Morgan fingerprint density at radius 1 is 0.960 bits per heavy atom. The first-order valence-corrected chi connectivity index (χ1v) is 8.43. The predicted octanol–water partition coefficient (Wildman–Crippen LogP) is 4.16. The van der Waals surface area contributed by atoms with Crippen LogP contribution in [0.1, 0.15) is 28.8 Å². The molecule has 0 fully saturated rings. The fourth-order valence-corrected chi connectivity index (χ4v) is 2.71. The van der Waals surface area contributed by atoms with Gasteiger partial charge in [-0.2, -0.15) is 0 Å². The van der Waals surface area contributed by atoms with E-state index in [4.69, 9.17) is 14.2 Å². The molecule has 1 aliphatic carbocycles. The third-order valence-corrected chi connectivity index (χ3v) is 4.17.